The van der Waals surface area contributed by atoms with Crippen molar-refractivity contribution in [2.75, 3.05) is 4.90 Å². The summed E-state index contributed by atoms with van der Waals surface area (Å²) in [6, 6.07) is 16.4. The molecule has 2 N–H and O–H groups in total. The third-order valence-electron chi connectivity index (χ3n) is 6.75. The first kappa shape index (κ1) is 25.2. The van der Waals surface area contributed by atoms with E-state index in [9.17, 15) is 14.7 Å². The molecule has 10 heteroatoms. The van der Waals surface area contributed by atoms with E-state index in [1.54, 1.807) is 24.3 Å². The third-order valence-corrected chi connectivity index (χ3v) is 6.75. The van der Waals surface area contributed by atoms with Crippen LogP contribution in [0.1, 0.15) is 48.6 Å². The Balaban J connectivity index is 1.52. The Kier molecular flexibility index (Phi) is 7.21. The van der Waals surface area contributed by atoms with E-state index in [1.807, 2.05) is 38.1 Å². The topological polar surface area (TPSA) is 126 Å². The smallest absolute Gasteiger partial charge is 0.251 e. The third kappa shape index (κ3) is 5.44. The first-order chi connectivity index (χ1) is 18.4. The van der Waals surface area contributed by atoms with Gasteiger partial charge in [-0.25, -0.2) is 0 Å². The fourth-order valence-corrected chi connectivity index (χ4v) is 4.84. The van der Waals surface area contributed by atoms with Crippen LogP contribution in [0.25, 0.3) is 11.6 Å². The van der Waals surface area contributed by atoms with Crippen LogP contribution < -0.4 is 10.2 Å². The fraction of sp³-hybridized carbons (Fsp3) is 0.321. The molecular weight excluding hydrogens is 484 g/mol. The lowest BCUT2D eigenvalue weighted by Gasteiger charge is -2.33. The number of phenolic OH excluding ortho intramolecular Hbond substituents is 1. The van der Waals surface area contributed by atoms with Gasteiger partial charge in [-0.2, -0.15) is 4.80 Å². The summed E-state index contributed by atoms with van der Waals surface area (Å²) in [4.78, 5) is 30.5. The SMILES string of the molecule is Cc1ccc(-c2nnn(CC(=O)N(c3ccccc3C)[C@@H](C(=O)NC3CCCC3)c3ccc(O)cc3)n2)o1. The van der Waals surface area contributed by atoms with Crippen molar-refractivity contribution in [2.45, 2.75) is 58.2 Å². The summed E-state index contributed by atoms with van der Waals surface area (Å²) in [5.74, 6) is 0.835. The van der Waals surface area contributed by atoms with E-state index < -0.39 is 11.9 Å². The van der Waals surface area contributed by atoms with Gasteiger partial charge in [0.25, 0.3) is 5.91 Å². The normalized spacial score (nSPS) is 14.4. The molecule has 1 aliphatic carbocycles. The van der Waals surface area contributed by atoms with Crippen LogP contribution in [-0.2, 0) is 16.1 Å². The van der Waals surface area contributed by atoms with Gasteiger partial charge in [0.2, 0.25) is 11.7 Å². The number of hydrogen-bond donors (Lipinski definition) is 2. The highest BCUT2D eigenvalue weighted by molar-refractivity contribution is 6.01. The molecule has 5 rings (SSSR count). The molecular formula is C28H30N6O4. The zero-order valence-corrected chi connectivity index (χ0v) is 21.4. The zero-order chi connectivity index (χ0) is 26.6. The largest absolute Gasteiger partial charge is 0.508 e. The van der Waals surface area contributed by atoms with Gasteiger partial charge in [-0.05, 0) is 73.4 Å². The number of phenols is 1. The number of nitrogens with one attached hydrogen (secondary N) is 1. The van der Waals surface area contributed by atoms with Crippen LogP contribution in [0.3, 0.4) is 0 Å². The molecule has 2 heterocycles. The van der Waals surface area contributed by atoms with Gasteiger partial charge in [-0.3, -0.25) is 14.5 Å². The van der Waals surface area contributed by atoms with Crippen LogP contribution in [-0.4, -0.2) is 43.2 Å². The quantitative estimate of drug-likeness (QED) is 0.363. The maximum atomic E-state index is 14.0. The number of aryl methyl sites for hydroxylation is 2. The number of furan rings is 1. The molecule has 0 aliphatic heterocycles. The lowest BCUT2D eigenvalue weighted by Crippen LogP contribution is -2.47. The van der Waals surface area contributed by atoms with Gasteiger partial charge in [-0.1, -0.05) is 43.2 Å². The number of anilines is 1. The number of tetrazole rings is 1. The Hall–Kier alpha value is -4.47. The first-order valence-electron chi connectivity index (χ1n) is 12.7. The second-order valence-corrected chi connectivity index (χ2v) is 9.59. The van der Waals surface area contributed by atoms with Crippen molar-refractivity contribution in [1.82, 2.24) is 25.5 Å². The van der Waals surface area contributed by atoms with Crippen molar-refractivity contribution in [3.63, 3.8) is 0 Å². The number of hydrogen-bond acceptors (Lipinski definition) is 7. The number of para-hydroxylation sites is 1. The van der Waals surface area contributed by atoms with Crippen molar-refractivity contribution in [3.8, 4) is 17.3 Å². The van der Waals surface area contributed by atoms with Crippen LogP contribution >= 0.6 is 0 Å². The number of rotatable bonds is 8. The molecule has 1 fully saturated rings. The molecule has 0 unspecified atom stereocenters. The summed E-state index contributed by atoms with van der Waals surface area (Å²) >= 11 is 0. The first-order valence-corrected chi connectivity index (χ1v) is 12.7. The Morgan fingerprint density at radius 1 is 1.08 bits per heavy atom. The molecule has 1 atom stereocenters. The molecule has 38 heavy (non-hydrogen) atoms. The summed E-state index contributed by atoms with van der Waals surface area (Å²) in [5.41, 5.74) is 2.00. The predicted octanol–water partition coefficient (Wildman–Crippen LogP) is 4.09. The molecule has 0 spiro atoms. The molecule has 1 aliphatic rings. The summed E-state index contributed by atoms with van der Waals surface area (Å²) in [5, 5.41) is 25.4. The molecule has 2 aromatic carbocycles. The number of benzene rings is 2. The van der Waals surface area contributed by atoms with Crippen molar-refractivity contribution in [3.05, 3.63) is 77.6 Å². The molecule has 1 saturated carbocycles. The standard InChI is InChI=1S/C28H30N6O4/c1-18-7-3-6-10-23(18)34(25(36)17-33-31-27(30-32-33)24-16-11-19(2)38-24)26(20-12-14-22(35)15-13-20)28(37)29-21-8-4-5-9-21/h3,6-7,10-16,21,26,35H,4-5,8-9,17H2,1-2H3,(H,29,37)/t26-/m1/s1. The van der Waals surface area contributed by atoms with E-state index in [1.165, 1.54) is 21.8 Å². The molecule has 2 aromatic heterocycles. The Morgan fingerprint density at radius 2 is 1.82 bits per heavy atom. The zero-order valence-electron chi connectivity index (χ0n) is 21.4. The number of carbonyl (C=O) groups is 2. The van der Waals surface area contributed by atoms with Crippen molar-refractivity contribution >= 4 is 17.5 Å². The highest BCUT2D eigenvalue weighted by Gasteiger charge is 2.35. The Bertz CT molecular complexity index is 1420. The summed E-state index contributed by atoms with van der Waals surface area (Å²) in [6.45, 7) is 3.47. The van der Waals surface area contributed by atoms with E-state index in [0.717, 1.165) is 31.2 Å². The molecule has 0 bridgehead atoms. The Labute approximate surface area is 220 Å². The van der Waals surface area contributed by atoms with E-state index in [4.69, 9.17) is 4.42 Å². The van der Waals surface area contributed by atoms with E-state index >= 15 is 0 Å². The summed E-state index contributed by atoms with van der Waals surface area (Å²) in [7, 11) is 0. The molecule has 2 amide bonds. The van der Waals surface area contributed by atoms with Crippen LogP contribution in [0.5, 0.6) is 5.75 Å². The van der Waals surface area contributed by atoms with E-state index in [0.29, 0.717) is 22.8 Å². The van der Waals surface area contributed by atoms with Crippen molar-refractivity contribution in [1.29, 1.82) is 0 Å². The number of carbonyl (C=O) groups excluding carboxylic acids is 2. The van der Waals surface area contributed by atoms with Crippen LogP contribution in [0, 0.1) is 13.8 Å². The average molecular weight is 515 g/mol. The van der Waals surface area contributed by atoms with Gasteiger partial charge in [0.1, 0.15) is 24.1 Å². The van der Waals surface area contributed by atoms with Gasteiger partial charge < -0.3 is 14.8 Å². The molecule has 0 radical (unpaired) electrons. The fourth-order valence-electron chi connectivity index (χ4n) is 4.84. The van der Waals surface area contributed by atoms with E-state index in [2.05, 4.69) is 20.7 Å². The van der Waals surface area contributed by atoms with Gasteiger partial charge in [0.15, 0.2) is 5.76 Å². The monoisotopic (exact) mass is 514 g/mol. The minimum Gasteiger partial charge on any atom is -0.508 e. The van der Waals surface area contributed by atoms with Crippen LogP contribution in [0.2, 0.25) is 0 Å². The average Bonchev–Trinajstić information content (AvgIpc) is 3.67. The van der Waals surface area contributed by atoms with Gasteiger partial charge >= 0.3 is 0 Å². The molecule has 4 aromatic rings. The maximum Gasteiger partial charge on any atom is 0.251 e. The number of amides is 2. The Morgan fingerprint density at radius 3 is 2.50 bits per heavy atom. The number of aromatic hydroxyl groups is 1. The highest BCUT2D eigenvalue weighted by Crippen LogP contribution is 2.32. The van der Waals surface area contributed by atoms with Gasteiger partial charge in [-0.15, -0.1) is 10.2 Å². The van der Waals surface area contributed by atoms with Crippen molar-refractivity contribution in [2.24, 2.45) is 0 Å². The minimum absolute atomic E-state index is 0.0623. The highest BCUT2D eigenvalue weighted by atomic mass is 16.3. The lowest BCUT2D eigenvalue weighted by molar-refractivity contribution is -0.127. The van der Waals surface area contributed by atoms with Gasteiger partial charge in [0.05, 0.1) is 0 Å². The number of aromatic nitrogens is 4. The van der Waals surface area contributed by atoms with E-state index in [-0.39, 0.29) is 30.1 Å². The van der Waals surface area contributed by atoms with Gasteiger partial charge in [0, 0.05) is 11.7 Å². The van der Waals surface area contributed by atoms with Crippen LogP contribution in [0.15, 0.2) is 65.1 Å². The van der Waals surface area contributed by atoms with Crippen LogP contribution in [0.4, 0.5) is 5.69 Å². The molecule has 196 valence electrons. The maximum absolute atomic E-state index is 14.0. The summed E-state index contributed by atoms with van der Waals surface area (Å²) in [6.07, 6.45) is 3.93. The van der Waals surface area contributed by atoms with Crippen molar-refractivity contribution < 1.29 is 19.1 Å². The molecule has 0 saturated heterocycles. The minimum atomic E-state index is -0.972. The summed E-state index contributed by atoms with van der Waals surface area (Å²) < 4.78 is 5.57. The second kappa shape index (κ2) is 10.9. The number of nitrogens with zero attached hydrogens (tertiary/aromatic N) is 5. The second-order valence-electron chi connectivity index (χ2n) is 9.59. The molecule has 10 nitrogen and oxygen atoms in total. The lowest BCUT2D eigenvalue weighted by atomic mass is 10.0. The predicted molar refractivity (Wildman–Crippen MR) is 140 cm³/mol.